The third-order valence-corrected chi connectivity index (χ3v) is 6.91. The van der Waals surface area contributed by atoms with E-state index in [0.29, 0.717) is 24.6 Å². The Hall–Kier alpha value is -2.29. The predicted octanol–water partition coefficient (Wildman–Crippen LogP) is -0.0729. The summed E-state index contributed by atoms with van der Waals surface area (Å²) in [5.41, 5.74) is 2.82. The number of nitrogens with zero attached hydrogens (tertiary/aromatic N) is 3. The monoisotopic (exact) mass is 411 g/mol. The van der Waals surface area contributed by atoms with Crippen molar-refractivity contribution in [2.75, 3.05) is 39.3 Å². The summed E-state index contributed by atoms with van der Waals surface area (Å²) in [6.45, 7) is 7.86. The summed E-state index contributed by atoms with van der Waals surface area (Å²) in [5, 5.41) is 5.77. The van der Waals surface area contributed by atoms with Crippen LogP contribution >= 0.6 is 0 Å². The predicted molar refractivity (Wildman–Crippen MR) is 111 cm³/mol. The van der Waals surface area contributed by atoms with Crippen molar-refractivity contribution in [3.8, 4) is 0 Å². The Morgan fingerprint density at radius 1 is 1.03 bits per heavy atom. The van der Waals surface area contributed by atoms with Crippen molar-refractivity contribution in [1.29, 1.82) is 0 Å². The molecule has 0 spiro atoms. The Morgan fingerprint density at radius 2 is 1.87 bits per heavy atom. The molecule has 0 aliphatic carbocycles. The highest BCUT2D eigenvalue weighted by Crippen LogP contribution is 2.29. The van der Waals surface area contributed by atoms with Crippen LogP contribution in [-0.4, -0.2) is 83.8 Å². The molecule has 2 N–H and O–H groups in total. The molecule has 4 aliphatic heterocycles. The smallest absolute Gasteiger partial charge is 0.255 e. The van der Waals surface area contributed by atoms with Crippen LogP contribution in [0.2, 0.25) is 0 Å². The molecule has 1 aromatic rings. The summed E-state index contributed by atoms with van der Waals surface area (Å²) < 4.78 is 0. The highest BCUT2D eigenvalue weighted by Gasteiger charge is 2.39. The molecule has 3 fully saturated rings. The molecule has 8 heteroatoms. The van der Waals surface area contributed by atoms with Crippen molar-refractivity contribution in [2.24, 2.45) is 0 Å². The molecule has 8 nitrogen and oxygen atoms in total. The largest absolute Gasteiger partial charge is 0.322 e. The summed E-state index contributed by atoms with van der Waals surface area (Å²) in [7, 11) is 0. The minimum atomic E-state index is -0.551. The van der Waals surface area contributed by atoms with Crippen LogP contribution in [-0.2, 0) is 22.7 Å². The lowest BCUT2D eigenvalue weighted by Crippen LogP contribution is -2.52. The van der Waals surface area contributed by atoms with E-state index < -0.39 is 6.04 Å². The molecule has 5 rings (SSSR count). The zero-order chi connectivity index (χ0) is 20.7. The van der Waals surface area contributed by atoms with Crippen LogP contribution in [0.25, 0.3) is 0 Å². The fourth-order valence-corrected chi connectivity index (χ4v) is 5.26. The van der Waals surface area contributed by atoms with Gasteiger partial charge in [0, 0.05) is 70.4 Å². The number of fused-ring (bicyclic) bond motifs is 1. The Balaban J connectivity index is 1.23. The van der Waals surface area contributed by atoms with Gasteiger partial charge in [-0.1, -0.05) is 12.1 Å². The van der Waals surface area contributed by atoms with Gasteiger partial charge in [0.2, 0.25) is 11.8 Å². The number of piperidine rings is 1. The van der Waals surface area contributed by atoms with E-state index in [4.69, 9.17) is 0 Å². The van der Waals surface area contributed by atoms with Crippen LogP contribution in [0, 0.1) is 0 Å². The van der Waals surface area contributed by atoms with Gasteiger partial charge in [-0.2, -0.15) is 0 Å². The quantitative estimate of drug-likeness (QED) is 0.675. The average Bonchev–Trinajstić information content (AvgIpc) is 3.34. The standard InChI is InChI=1S/C22H29N5O3/c28-20-4-3-19(21(29)24-20)27-13-16-2-1-15(11-18(16)22(27)30)12-25-8-5-17(14-25)26-9-6-23-7-10-26/h1-2,11,17,19,23H,3-10,12-14H2,(H,24,28,29). The molecule has 2 unspecified atom stereocenters. The van der Waals surface area contributed by atoms with E-state index in [0.717, 1.165) is 56.9 Å². The second-order valence-corrected chi connectivity index (χ2v) is 8.86. The maximum atomic E-state index is 13.0. The fraction of sp³-hybridized carbons (Fsp3) is 0.591. The molecule has 3 saturated heterocycles. The molecular formula is C22H29N5O3. The summed E-state index contributed by atoms with van der Waals surface area (Å²) in [6.07, 6.45) is 1.89. The van der Waals surface area contributed by atoms with Crippen LogP contribution in [0.15, 0.2) is 18.2 Å². The normalized spacial score (nSPS) is 28.1. The maximum Gasteiger partial charge on any atom is 0.255 e. The van der Waals surface area contributed by atoms with Gasteiger partial charge in [-0.15, -0.1) is 0 Å². The van der Waals surface area contributed by atoms with E-state index in [1.807, 2.05) is 12.1 Å². The van der Waals surface area contributed by atoms with Gasteiger partial charge in [0.15, 0.2) is 0 Å². The number of carbonyl (C=O) groups excluding carboxylic acids is 3. The third-order valence-electron chi connectivity index (χ3n) is 6.91. The van der Waals surface area contributed by atoms with Gasteiger partial charge in [-0.05, 0) is 30.0 Å². The third kappa shape index (κ3) is 3.75. The van der Waals surface area contributed by atoms with Crippen molar-refractivity contribution in [1.82, 2.24) is 25.3 Å². The number of carbonyl (C=O) groups is 3. The molecule has 0 radical (unpaired) electrons. The second-order valence-electron chi connectivity index (χ2n) is 8.86. The lowest BCUT2D eigenvalue weighted by molar-refractivity contribution is -0.136. The fourth-order valence-electron chi connectivity index (χ4n) is 5.26. The molecule has 4 aliphatic rings. The molecule has 1 aromatic carbocycles. The van der Waals surface area contributed by atoms with E-state index in [9.17, 15) is 14.4 Å². The van der Waals surface area contributed by atoms with Gasteiger partial charge in [0.25, 0.3) is 5.91 Å². The van der Waals surface area contributed by atoms with Crippen molar-refractivity contribution in [3.63, 3.8) is 0 Å². The van der Waals surface area contributed by atoms with Crippen molar-refractivity contribution < 1.29 is 14.4 Å². The molecule has 160 valence electrons. The Bertz CT molecular complexity index is 866. The first-order chi connectivity index (χ1) is 14.6. The van der Waals surface area contributed by atoms with Crippen molar-refractivity contribution in [3.05, 3.63) is 34.9 Å². The van der Waals surface area contributed by atoms with Gasteiger partial charge in [0.05, 0.1) is 0 Å². The molecule has 3 amide bonds. The highest BCUT2D eigenvalue weighted by atomic mass is 16.2. The lowest BCUT2D eigenvalue weighted by Gasteiger charge is -2.32. The Labute approximate surface area is 176 Å². The van der Waals surface area contributed by atoms with Gasteiger partial charge in [-0.25, -0.2) is 0 Å². The molecule has 0 bridgehead atoms. The van der Waals surface area contributed by atoms with E-state index >= 15 is 0 Å². The first-order valence-electron chi connectivity index (χ1n) is 11.0. The first-order valence-corrected chi connectivity index (χ1v) is 11.0. The molecule has 2 atom stereocenters. The number of hydrogen-bond donors (Lipinski definition) is 2. The molecule has 4 heterocycles. The summed E-state index contributed by atoms with van der Waals surface area (Å²) in [4.78, 5) is 43.3. The molecular weight excluding hydrogens is 382 g/mol. The van der Waals surface area contributed by atoms with Crippen LogP contribution in [0.4, 0.5) is 0 Å². The zero-order valence-electron chi connectivity index (χ0n) is 17.2. The van der Waals surface area contributed by atoms with E-state index in [1.54, 1.807) is 4.90 Å². The minimum absolute atomic E-state index is 0.0959. The number of benzene rings is 1. The average molecular weight is 412 g/mol. The SMILES string of the molecule is O=C1CCC(N2Cc3ccc(CN4CCC(N5CCNCC5)C4)cc3C2=O)C(=O)N1. The maximum absolute atomic E-state index is 13.0. The lowest BCUT2D eigenvalue weighted by atomic mass is 10.0. The van der Waals surface area contributed by atoms with Crippen LogP contribution in [0.3, 0.4) is 0 Å². The first kappa shape index (κ1) is 19.7. The van der Waals surface area contributed by atoms with E-state index in [1.165, 1.54) is 6.42 Å². The van der Waals surface area contributed by atoms with Crippen LogP contribution < -0.4 is 10.6 Å². The van der Waals surface area contributed by atoms with Gasteiger partial charge in [0.1, 0.15) is 6.04 Å². The zero-order valence-corrected chi connectivity index (χ0v) is 17.2. The highest BCUT2D eigenvalue weighted by molar-refractivity contribution is 6.05. The Morgan fingerprint density at radius 3 is 2.67 bits per heavy atom. The van der Waals surface area contributed by atoms with Crippen LogP contribution in [0.1, 0.15) is 40.7 Å². The number of piperazine rings is 1. The van der Waals surface area contributed by atoms with Crippen molar-refractivity contribution >= 4 is 17.7 Å². The van der Waals surface area contributed by atoms with Gasteiger partial charge < -0.3 is 10.2 Å². The Kier molecular flexibility index (Phi) is 5.30. The summed E-state index contributed by atoms with van der Waals surface area (Å²) in [6, 6.07) is 6.22. The van der Waals surface area contributed by atoms with Gasteiger partial charge in [-0.3, -0.25) is 29.5 Å². The van der Waals surface area contributed by atoms with Gasteiger partial charge >= 0.3 is 0 Å². The number of nitrogens with one attached hydrogen (secondary N) is 2. The second kappa shape index (κ2) is 8.09. The van der Waals surface area contributed by atoms with E-state index in [-0.39, 0.29) is 24.1 Å². The molecule has 0 aromatic heterocycles. The molecule has 0 saturated carbocycles. The number of amides is 3. The number of hydrogen-bond acceptors (Lipinski definition) is 6. The number of imide groups is 1. The minimum Gasteiger partial charge on any atom is -0.322 e. The van der Waals surface area contributed by atoms with Crippen molar-refractivity contribution in [2.45, 2.75) is 44.4 Å². The molecule has 30 heavy (non-hydrogen) atoms. The topological polar surface area (TPSA) is 85.0 Å². The number of rotatable bonds is 4. The summed E-state index contributed by atoms with van der Waals surface area (Å²) >= 11 is 0. The van der Waals surface area contributed by atoms with Crippen LogP contribution in [0.5, 0.6) is 0 Å². The van der Waals surface area contributed by atoms with E-state index in [2.05, 4.69) is 26.5 Å². The summed E-state index contributed by atoms with van der Waals surface area (Å²) in [5.74, 6) is -0.711. The number of likely N-dealkylation sites (tertiary alicyclic amines) is 1.